The summed E-state index contributed by atoms with van der Waals surface area (Å²) in [7, 11) is 0. The SMILES string of the molecule is Cc1ccc([C@@H]2C[C@H]2C(=O)N2CCC3(CC2)NC(=O)NC3=O)cc1C. The van der Waals surface area contributed by atoms with Crippen LogP contribution in [0, 0.1) is 19.8 Å². The predicted octanol–water partition coefficient (Wildman–Crippen LogP) is 1.61. The molecule has 4 amide bonds. The highest BCUT2D eigenvalue weighted by Crippen LogP contribution is 2.49. The maximum atomic E-state index is 12.8. The molecule has 1 aliphatic carbocycles. The molecule has 0 unspecified atom stereocenters. The lowest BCUT2D eigenvalue weighted by atomic mass is 9.87. The Morgan fingerprint density at radius 2 is 1.88 bits per heavy atom. The number of urea groups is 1. The molecule has 1 spiro atoms. The van der Waals surface area contributed by atoms with Gasteiger partial charge in [-0.2, -0.15) is 0 Å². The van der Waals surface area contributed by atoms with Crippen LogP contribution in [0.3, 0.4) is 0 Å². The molecule has 132 valence electrons. The van der Waals surface area contributed by atoms with Crippen molar-refractivity contribution in [3.05, 3.63) is 34.9 Å². The number of nitrogens with zero attached hydrogens (tertiary/aromatic N) is 1. The number of aryl methyl sites for hydroxylation is 2. The lowest BCUT2D eigenvalue weighted by Gasteiger charge is -2.37. The van der Waals surface area contributed by atoms with Gasteiger partial charge in [0.15, 0.2) is 0 Å². The number of hydrogen-bond acceptors (Lipinski definition) is 3. The molecule has 2 saturated heterocycles. The van der Waals surface area contributed by atoms with Crippen molar-refractivity contribution in [1.29, 1.82) is 0 Å². The van der Waals surface area contributed by atoms with Crippen LogP contribution >= 0.6 is 0 Å². The van der Waals surface area contributed by atoms with Gasteiger partial charge in [-0.3, -0.25) is 14.9 Å². The Balaban J connectivity index is 1.38. The number of benzene rings is 1. The zero-order valence-electron chi connectivity index (χ0n) is 14.6. The first-order valence-corrected chi connectivity index (χ1v) is 8.89. The molecule has 2 N–H and O–H groups in total. The third-order valence-electron chi connectivity index (χ3n) is 6.01. The van der Waals surface area contributed by atoms with Crippen LogP contribution in [0.4, 0.5) is 4.79 Å². The number of carbonyl (C=O) groups excluding carboxylic acids is 3. The number of hydrogen-bond donors (Lipinski definition) is 2. The summed E-state index contributed by atoms with van der Waals surface area (Å²) in [5.41, 5.74) is 2.96. The molecule has 0 aromatic heterocycles. The molecule has 2 aliphatic heterocycles. The van der Waals surface area contributed by atoms with Crippen molar-refractivity contribution >= 4 is 17.8 Å². The zero-order valence-corrected chi connectivity index (χ0v) is 14.6. The fraction of sp³-hybridized carbons (Fsp3) is 0.526. The second-order valence-electron chi connectivity index (χ2n) is 7.61. The van der Waals surface area contributed by atoms with E-state index in [4.69, 9.17) is 0 Å². The summed E-state index contributed by atoms with van der Waals surface area (Å²) in [5.74, 6) is 0.298. The van der Waals surface area contributed by atoms with E-state index in [2.05, 4.69) is 42.7 Å². The summed E-state index contributed by atoms with van der Waals surface area (Å²) in [6.45, 7) is 5.23. The van der Waals surface area contributed by atoms with E-state index in [0.717, 1.165) is 6.42 Å². The number of amides is 4. The molecule has 2 heterocycles. The summed E-state index contributed by atoms with van der Waals surface area (Å²) in [6, 6.07) is 6.01. The maximum absolute atomic E-state index is 12.8. The Labute approximate surface area is 147 Å². The molecule has 6 heteroatoms. The van der Waals surface area contributed by atoms with Crippen molar-refractivity contribution in [3.63, 3.8) is 0 Å². The highest BCUT2D eigenvalue weighted by molar-refractivity contribution is 6.07. The van der Waals surface area contributed by atoms with Crippen LogP contribution in [0.15, 0.2) is 18.2 Å². The van der Waals surface area contributed by atoms with E-state index in [-0.39, 0.29) is 17.7 Å². The Hall–Kier alpha value is -2.37. The molecule has 4 rings (SSSR count). The molecule has 1 aromatic carbocycles. The van der Waals surface area contributed by atoms with Crippen LogP contribution in [0.1, 0.15) is 41.9 Å². The van der Waals surface area contributed by atoms with Gasteiger partial charge in [-0.25, -0.2) is 4.79 Å². The summed E-state index contributed by atoms with van der Waals surface area (Å²) in [4.78, 5) is 38.0. The second-order valence-corrected chi connectivity index (χ2v) is 7.61. The van der Waals surface area contributed by atoms with Crippen molar-refractivity contribution in [1.82, 2.24) is 15.5 Å². The maximum Gasteiger partial charge on any atom is 0.322 e. The molecule has 3 fully saturated rings. The molecule has 1 saturated carbocycles. The highest BCUT2D eigenvalue weighted by Gasteiger charge is 2.51. The number of piperidine rings is 1. The van der Waals surface area contributed by atoms with E-state index in [9.17, 15) is 14.4 Å². The minimum atomic E-state index is -0.815. The lowest BCUT2D eigenvalue weighted by molar-refractivity contribution is -0.137. The largest absolute Gasteiger partial charge is 0.342 e. The van der Waals surface area contributed by atoms with Crippen LogP contribution in [0.5, 0.6) is 0 Å². The van der Waals surface area contributed by atoms with Gasteiger partial charge in [0, 0.05) is 19.0 Å². The second kappa shape index (κ2) is 5.58. The monoisotopic (exact) mass is 341 g/mol. The lowest BCUT2D eigenvalue weighted by Crippen LogP contribution is -2.56. The van der Waals surface area contributed by atoms with E-state index in [1.807, 2.05) is 4.90 Å². The van der Waals surface area contributed by atoms with E-state index in [1.165, 1.54) is 16.7 Å². The number of carbonyl (C=O) groups is 3. The molecular formula is C19H23N3O3. The highest BCUT2D eigenvalue weighted by atomic mass is 16.2. The average Bonchev–Trinajstić information content (AvgIpc) is 3.32. The number of likely N-dealkylation sites (tertiary alicyclic amines) is 1. The molecule has 1 aromatic rings. The van der Waals surface area contributed by atoms with Gasteiger partial charge in [0.2, 0.25) is 5.91 Å². The molecular weight excluding hydrogens is 318 g/mol. The molecule has 3 aliphatic rings. The number of imide groups is 1. The quantitative estimate of drug-likeness (QED) is 0.802. The van der Waals surface area contributed by atoms with Crippen molar-refractivity contribution < 1.29 is 14.4 Å². The Bertz CT molecular complexity index is 765. The molecule has 0 bridgehead atoms. The summed E-state index contributed by atoms with van der Waals surface area (Å²) < 4.78 is 0. The van der Waals surface area contributed by atoms with Crippen molar-refractivity contribution in [3.8, 4) is 0 Å². The van der Waals surface area contributed by atoms with Crippen LogP contribution < -0.4 is 10.6 Å². The number of nitrogens with one attached hydrogen (secondary N) is 2. The zero-order chi connectivity index (χ0) is 17.8. The first kappa shape index (κ1) is 16.1. The minimum Gasteiger partial charge on any atom is -0.342 e. The fourth-order valence-electron chi connectivity index (χ4n) is 4.06. The van der Waals surface area contributed by atoms with Gasteiger partial charge in [0.25, 0.3) is 5.91 Å². The van der Waals surface area contributed by atoms with E-state index < -0.39 is 11.6 Å². The fourth-order valence-corrected chi connectivity index (χ4v) is 4.06. The molecule has 25 heavy (non-hydrogen) atoms. The van der Waals surface area contributed by atoms with E-state index in [0.29, 0.717) is 31.8 Å². The van der Waals surface area contributed by atoms with Crippen LogP contribution in [0.2, 0.25) is 0 Å². The molecule has 2 atom stereocenters. The van der Waals surface area contributed by atoms with E-state index >= 15 is 0 Å². The van der Waals surface area contributed by atoms with Gasteiger partial charge >= 0.3 is 6.03 Å². The third kappa shape index (κ3) is 2.69. The van der Waals surface area contributed by atoms with Crippen LogP contribution in [-0.4, -0.2) is 41.4 Å². The average molecular weight is 341 g/mol. The van der Waals surface area contributed by atoms with Gasteiger partial charge in [-0.05, 0) is 55.7 Å². The van der Waals surface area contributed by atoms with Gasteiger partial charge in [0.05, 0.1) is 0 Å². The van der Waals surface area contributed by atoms with Gasteiger partial charge < -0.3 is 10.2 Å². The minimum absolute atomic E-state index is 0.0585. The Kier molecular flexibility index (Phi) is 3.60. The van der Waals surface area contributed by atoms with Gasteiger partial charge in [-0.15, -0.1) is 0 Å². The van der Waals surface area contributed by atoms with Crippen LogP contribution in [0.25, 0.3) is 0 Å². The van der Waals surface area contributed by atoms with Crippen molar-refractivity contribution in [2.24, 2.45) is 5.92 Å². The molecule has 0 radical (unpaired) electrons. The van der Waals surface area contributed by atoms with Gasteiger partial charge in [-0.1, -0.05) is 18.2 Å². The topological polar surface area (TPSA) is 78.5 Å². The first-order chi connectivity index (χ1) is 11.9. The third-order valence-corrected chi connectivity index (χ3v) is 6.01. The normalized spacial score (nSPS) is 27.2. The smallest absolute Gasteiger partial charge is 0.322 e. The Morgan fingerprint density at radius 1 is 1.16 bits per heavy atom. The van der Waals surface area contributed by atoms with Crippen LogP contribution in [-0.2, 0) is 9.59 Å². The summed E-state index contributed by atoms with van der Waals surface area (Å²) in [6.07, 6.45) is 1.87. The molecule has 6 nitrogen and oxygen atoms in total. The van der Waals surface area contributed by atoms with E-state index in [1.54, 1.807) is 0 Å². The van der Waals surface area contributed by atoms with Crippen molar-refractivity contribution in [2.45, 2.75) is 44.6 Å². The summed E-state index contributed by atoms with van der Waals surface area (Å²) >= 11 is 0. The number of rotatable bonds is 2. The van der Waals surface area contributed by atoms with Gasteiger partial charge in [0.1, 0.15) is 5.54 Å². The first-order valence-electron chi connectivity index (χ1n) is 8.89. The van der Waals surface area contributed by atoms with Crippen molar-refractivity contribution in [2.75, 3.05) is 13.1 Å². The Morgan fingerprint density at radius 3 is 2.48 bits per heavy atom. The summed E-state index contributed by atoms with van der Waals surface area (Å²) in [5, 5.41) is 5.03. The standard InChI is InChI=1S/C19H23N3O3/c1-11-3-4-13(9-12(11)2)14-10-15(14)16(23)22-7-5-19(6-8-22)17(24)20-18(25)21-19/h3-4,9,14-15H,5-8,10H2,1-2H3,(H2,20,21,24,25)/t14-,15+/m0/s1. The predicted molar refractivity (Wildman–Crippen MR) is 92.0 cm³/mol.